The topological polar surface area (TPSA) is 52.3 Å². The molecule has 0 saturated carbocycles. The lowest BCUT2D eigenvalue weighted by molar-refractivity contribution is -0.143. The largest absolute Gasteiger partial charge is 0.466 e. The van der Waals surface area contributed by atoms with Crippen LogP contribution in [-0.2, 0) is 9.53 Å². The maximum atomic E-state index is 11.0. The van der Waals surface area contributed by atoms with Crippen LogP contribution in [0, 0.1) is 0 Å². The summed E-state index contributed by atoms with van der Waals surface area (Å²) in [4.78, 5) is 11.0. The Morgan fingerprint density at radius 1 is 0.895 bits per heavy atom. The average molecular weight is 294 g/mol. The van der Waals surface area contributed by atoms with Crippen molar-refractivity contribution in [1.82, 2.24) is 0 Å². The van der Waals surface area contributed by atoms with Gasteiger partial charge < -0.3 is 10.5 Å². The van der Waals surface area contributed by atoms with E-state index in [1.165, 1.54) is 57.8 Å². The minimum absolute atomic E-state index is 0. The van der Waals surface area contributed by atoms with E-state index in [4.69, 9.17) is 10.5 Å². The van der Waals surface area contributed by atoms with Crippen molar-refractivity contribution < 1.29 is 9.53 Å². The van der Waals surface area contributed by atoms with Crippen LogP contribution in [0.3, 0.4) is 0 Å². The lowest BCUT2D eigenvalue weighted by atomic mass is 10.1. The minimum atomic E-state index is -0.159. The summed E-state index contributed by atoms with van der Waals surface area (Å²) in [6.07, 6.45) is 13.3. The van der Waals surface area contributed by atoms with Crippen molar-refractivity contribution in [2.75, 3.05) is 13.2 Å². The second-order valence-corrected chi connectivity index (χ2v) is 4.94. The first kappa shape index (κ1) is 21.0. The molecule has 0 fully saturated rings. The Morgan fingerprint density at radius 2 is 1.37 bits per heavy atom. The number of esters is 1. The predicted molar refractivity (Wildman–Crippen MR) is 83.7 cm³/mol. The van der Waals surface area contributed by atoms with Crippen LogP contribution in [0.4, 0.5) is 0 Å². The summed E-state index contributed by atoms with van der Waals surface area (Å²) < 4.78 is 5.04. The first-order valence-electron chi connectivity index (χ1n) is 7.67. The third kappa shape index (κ3) is 17.7. The van der Waals surface area contributed by atoms with Crippen molar-refractivity contribution in [3.8, 4) is 0 Å². The molecule has 0 radical (unpaired) electrons. The Hall–Kier alpha value is -0.280. The van der Waals surface area contributed by atoms with Crippen LogP contribution in [-0.4, -0.2) is 19.1 Å². The molecule has 0 unspecified atom stereocenters. The van der Waals surface area contributed by atoms with Crippen molar-refractivity contribution in [2.24, 2.45) is 5.73 Å². The number of rotatable bonds is 13. The van der Waals surface area contributed by atoms with Crippen molar-refractivity contribution in [2.45, 2.75) is 77.6 Å². The fourth-order valence-corrected chi connectivity index (χ4v) is 1.97. The van der Waals surface area contributed by atoms with Gasteiger partial charge >= 0.3 is 5.97 Å². The van der Waals surface area contributed by atoms with Crippen molar-refractivity contribution in [3.63, 3.8) is 0 Å². The van der Waals surface area contributed by atoms with Gasteiger partial charge in [-0.3, -0.25) is 4.79 Å². The van der Waals surface area contributed by atoms with E-state index < -0.39 is 0 Å². The molecule has 0 atom stereocenters. The molecule has 19 heavy (non-hydrogen) atoms. The van der Waals surface area contributed by atoms with Crippen LogP contribution in [0.15, 0.2) is 0 Å². The molecule has 0 bridgehead atoms. The quantitative estimate of drug-likeness (QED) is 0.408. The Bertz CT molecular complexity index is 189. The lowest BCUT2D eigenvalue weighted by Gasteiger charge is -2.04. The Kier molecular flexibility index (Phi) is 19.6. The summed E-state index contributed by atoms with van der Waals surface area (Å²) in [5, 5.41) is 0. The fraction of sp³-hybridized carbons (Fsp3) is 0.933. The standard InChI is InChI=1S/C15H31NO2.ClH/c1-2-3-4-5-6-7-8-9-10-11-14-18-15(17)12-13-16;/h2-14,16H2,1H3;1H. The maximum absolute atomic E-state index is 11.0. The Balaban J connectivity index is 0. The summed E-state index contributed by atoms with van der Waals surface area (Å²) in [5.41, 5.74) is 5.26. The third-order valence-electron chi connectivity index (χ3n) is 3.11. The summed E-state index contributed by atoms with van der Waals surface area (Å²) in [6, 6.07) is 0. The van der Waals surface area contributed by atoms with Gasteiger partial charge in [-0.2, -0.15) is 0 Å². The van der Waals surface area contributed by atoms with E-state index >= 15 is 0 Å². The van der Waals surface area contributed by atoms with Gasteiger partial charge in [0, 0.05) is 6.54 Å². The summed E-state index contributed by atoms with van der Waals surface area (Å²) >= 11 is 0. The van der Waals surface area contributed by atoms with Gasteiger partial charge in [-0.15, -0.1) is 12.4 Å². The van der Waals surface area contributed by atoms with Crippen molar-refractivity contribution >= 4 is 18.4 Å². The maximum Gasteiger partial charge on any atom is 0.307 e. The minimum Gasteiger partial charge on any atom is -0.466 e. The smallest absolute Gasteiger partial charge is 0.307 e. The highest BCUT2D eigenvalue weighted by Gasteiger charge is 1.99. The number of carbonyl (C=O) groups is 1. The molecule has 2 N–H and O–H groups in total. The second-order valence-electron chi connectivity index (χ2n) is 4.94. The van der Waals surface area contributed by atoms with Crippen LogP contribution in [0.25, 0.3) is 0 Å². The number of hydrogen-bond acceptors (Lipinski definition) is 3. The number of ether oxygens (including phenoxy) is 1. The monoisotopic (exact) mass is 293 g/mol. The molecule has 0 amide bonds. The van der Waals surface area contributed by atoms with Gasteiger partial charge in [0.2, 0.25) is 0 Å². The molecule has 0 aromatic carbocycles. The molecule has 0 saturated heterocycles. The van der Waals surface area contributed by atoms with Gasteiger partial charge in [0.05, 0.1) is 13.0 Å². The molecule has 0 aromatic rings. The van der Waals surface area contributed by atoms with Gasteiger partial charge in [-0.1, -0.05) is 64.7 Å². The van der Waals surface area contributed by atoms with E-state index in [0.29, 0.717) is 19.6 Å². The molecule has 0 heterocycles. The number of halogens is 1. The van der Waals surface area contributed by atoms with E-state index in [9.17, 15) is 4.79 Å². The van der Waals surface area contributed by atoms with Gasteiger partial charge in [0.1, 0.15) is 0 Å². The van der Waals surface area contributed by atoms with E-state index in [2.05, 4.69) is 6.92 Å². The summed E-state index contributed by atoms with van der Waals surface area (Å²) in [5.74, 6) is -0.159. The van der Waals surface area contributed by atoms with Gasteiger partial charge in [0.25, 0.3) is 0 Å². The van der Waals surface area contributed by atoms with Crippen molar-refractivity contribution in [1.29, 1.82) is 0 Å². The zero-order valence-electron chi connectivity index (χ0n) is 12.5. The van der Waals surface area contributed by atoms with E-state index in [1.54, 1.807) is 0 Å². The third-order valence-corrected chi connectivity index (χ3v) is 3.11. The lowest BCUT2D eigenvalue weighted by Crippen LogP contribution is -2.11. The molecule has 0 rings (SSSR count). The molecule has 0 aromatic heterocycles. The van der Waals surface area contributed by atoms with Crippen LogP contribution in [0.5, 0.6) is 0 Å². The highest BCUT2D eigenvalue weighted by molar-refractivity contribution is 5.85. The molecule has 0 aliphatic carbocycles. The highest BCUT2D eigenvalue weighted by atomic mass is 35.5. The molecule has 0 spiro atoms. The molecule has 0 aliphatic heterocycles. The van der Waals surface area contributed by atoms with Crippen LogP contribution >= 0.6 is 12.4 Å². The Morgan fingerprint density at radius 3 is 1.84 bits per heavy atom. The average Bonchev–Trinajstić information content (AvgIpc) is 2.36. The normalized spacial score (nSPS) is 10.0. The predicted octanol–water partition coefficient (Wildman–Crippen LogP) is 4.22. The molecule has 4 heteroatoms. The van der Waals surface area contributed by atoms with Gasteiger partial charge in [-0.25, -0.2) is 0 Å². The fourth-order valence-electron chi connectivity index (χ4n) is 1.97. The molecule has 3 nitrogen and oxygen atoms in total. The van der Waals surface area contributed by atoms with E-state index in [-0.39, 0.29) is 18.4 Å². The second kappa shape index (κ2) is 17.7. The van der Waals surface area contributed by atoms with E-state index in [1.807, 2.05) is 0 Å². The molecule has 116 valence electrons. The molecular formula is C15H32ClNO2. The van der Waals surface area contributed by atoms with Gasteiger partial charge in [-0.05, 0) is 6.42 Å². The highest BCUT2D eigenvalue weighted by Crippen LogP contribution is 2.10. The number of unbranched alkanes of at least 4 members (excludes halogenated alkanes) is 9. The number of nitrogens with two attached hydrogens (primary N) is 1. The van der Waals surface area contributed by atoms with Crippen LogP contribution in [0.1, 0.15) is 77.6 Å². The van der Waals surface area contributed by atoms with Crippen LogP contribution in [0.2, 0.25) is 0 Å². The summed E-state index contributed by atoms with van der Waals surface area (Å²) in [7, 11) is 0. The van der Waals surface area contributed by atoms with Gasteiger partial charge in [0.15, 0.2) is 0 Å². The summed E-state index contributed by atoms with van der Waals surface area (Å²) in [6.45, 7) is 3.20. The molecule has 0 aliphatic rings. The Labute approximate surface area is 125 Å². The van der Waals surface area contributed by atoms with E-state index in [0.717, 1.165) is 6.42 Å². The zero-order chi connectivity index (χ0) is 13.5. The first-order valence-corrected chi connectivity index (χ1v) is 7.67. The number of carbonyl (C=O) groups excluding carboxylic acids is 1. The SMILES string of the molecule is CCCCCCCCCCCCOC(=O)CCN.Cl. The van der Waals surface area contributed by atoms with Crippen molar-refractivity contribution in [3.05, 3.63) is 0 Å². The number of hydrogen-bond donors (Lipinski definition) is 1. The molecular weight excluding hydrogens is 262 g/mol. The van der Waals surface area contributed by atoms with Crippen LogP contribution < -0.4 is 5.73 Å². The zero-order valence-corrected chi connectivity index (χ0v) is 13.3. The first-order chi connectivity index (χ1) is 8.81.